The second-order valence-corrected chi connectivity index (χ2v) is 7.77. The number of carbonyl (C=O) groups excluding carboxylic acids is 3. The van der Waals surface area contributed by atoms with E-state index in [9.17, 15) is 14.4 Å². The van der Waals surface area contributed by atoms with Gasteiger partial charge in [0, 0.05) is 12.1 Å². The maximum atomic E-state index is 12.6. The molecule has 0 saturated carbocycles. The first kappa shape index (κ1) is 21.0. The Morgan fingerprint density at radius 3 is 2.44 bits per heavy atom. The van der Waals surface area contributed by atoms with Crippen LogP contribution in [-0.2, 0) is 14.4 Å². The summed E-state index contributed by atoms with van der Waals surface area (Å²) in [7, 11) is 0. The van der Waals surface area contributed by atoms with Crippen LogP contribution in [-0.4, -0.2) is 30.3 Å². The van der Waals surface area contributed by atoms with Gasteiger partial charge in [0.25, 0.3) is 5.91 Å². The fourth-order valence-electron chi connectivity index (χ4n) is 2.73. The Morgan fingerprint density at radius 2 is 1.89 bits per heavy atom. The Hall–Kier alpha value is -2.34. The number of nitrogens with zero attached hydrogens (tertiary/aromatic N) is 1. The molecule has 0 aliphatic carbocycles. The molecule has 1 aliphatic heterocycles. The van der Waals surface area contributed by atoms with Gasteiger partial charge in [-0.05, 0) is 44.9 Å². The highest BCUT2D eigenvalue weighted by Gasteiger charge is 2.35. The Kier molecular flexibility index (Phi) is 6.65. The van der Waals surface area contributed by atoms with Crippen molar-refractivity contribution in [1.82, 2.24) is 5.32 Å². The van der Waals surface area contributed by atoms with Gasteiger partial charge in [-0.1, -0.05) is 31.0 Å². The monoisotopic (exact) mass is 391 g/mol. The van der Waals surface area contributed by atoms with Gasteiger partial charge < -0.3 is 10.6 Å². The molecule has 1 unspecified atom stereocenters. The highest BCUT2D eigenvalue weighted by Crippen LogP contribution is 2.33. The van der Waals surface area contributed by atoms with Crippen LogP contribution in [0.4, 0.5) is 11.4 Å². The quantitative estimate of drug-likeness (QED) is 0.574. The van der Waals surface area contributed by atoms with E-state index in [0.29, 0.717) is 34.4 Å². The number of imide groups is 1. The van der Waals surface area contributed by atoms with Crippen molar-refractivity contribution in [3.8, 4) is 0 Å². The van der Waals surface area contributed by atoms with E-state index in [1.165, 1.54) is 0 Å². The third-order valence-corrected chi connectivity index (χ3v) is 4.63. The second-order valence-electron chi connectivity index (χ2n) is 7.36. The third-order valence-electron chi connectivity index (χ3n) is 4.30. The lowest BCUT2D eigenvalue weighted by molar-refractivity contribution is -0.122. The van der Waals surface area contributed by atoms with Gasteiger partial charge in [0.2, 0.25) is 11.8 Å². The smallest absolute Gasteiger partial charge is 0.261 e. The number of amides is 3. The summed E-state index contributed by atoms with van der Waals surface area (Å²) < 4.78 is 0. The minimum absolute atomic E-state index is 0.0978. The van der Waals surface area contributed by atoms with Crippen LogP contribution in [0.3, 0.4) is 0 Å². The van der Waals surface area contributed by atoms with Crippen LogP contribution in [0, 0.1) is 5.92 Å². The van der Waals surface area contributed by atoms with Gasteiger partial charge in [-0.2, -0.15) is 0 Å². The molecule has 1 heterocycles. The fourth-order valence-corrected chi connectivity index (χ4v) is 2.90. The number of rotatable bonds is 6. The van der Waals surface area contributed by atoms with Crippen LogP contribution >= 0.6 is 11.6 Å². The molecule has 1 saturated heterocycles. The number of halogens is 1. The molecule has 2 N–H and O–H groups in total. The summed E-state index contributed by atoms with van der Waals surface area (Å²) in [4.78, 5) is 38.2. The Bertz CT molecular complexity index is 798. The molecule has 1 aromatic rings. The van der Waals surface area contributed by atoms with Gasteiger partial charge in [0.1, 0.15) is 6.04 Å². The molecular weight excluding hydrogens is 366 g/mol. The minimum atomic E-state index is -0.519. The van der Waals surface area contributed by atoms with Crippen LogP contribution in [0.15, 0.2) is 29.3 Å². The number of hydrogen-bond donors (Lipinski definition) is 2. The summed E-state index contributed by atoms with van der Waals surface area (Å²) in [6.45, 7) is 9.98. The molecule has 7 heteroatoms. The van der Waals surface area contributed by atoms with Gasteiger partial charge in [-0.25, -0.2) is 4.90 Å². The van der Waals surface area contributed by atoms with Crippen molar-refractivity contribution < 1.29 is 14.4 Å². The Morgan fingerprint density at radius 1 is 1.22 bits per heavy atom. The molecule has 1 fully saturated rings. The molecule has 1 aromatic carbocycles. The van der Waals surface area contributed by atoms with Crippen molar-refractivity contribution in [2.75, 3.05) is 16.8 Å². The van der Waals surface area contributed by atoms with Gasteiger partial charge in [-0.15, -0.1) is 0 Å². The lowest BCUT2D eigenvalue weighted by Crippen LogP contribution is -2.39. The summed E-state index contributed by atoms with van der Waals surface area (Å²) in [6.07, 6.45) is 0.0978. The summed E-state index contributed by atoms with van der Waals surface area (Å²) in [6, 6.07) is 4.34. The first-order chi connectivity index (χ1) is 12.6. The largest absolute Gasteiger partial charge is 0.373 e. The van der Waals surface area contributed by atoms with Crippen LogP contribution in [0.2, 0.25) is 5.02 Å². The number of nitrogens with one attached hydrogen (secondary N) is 2. The van der Waals surface area contributed by atoms with Crippen molar-refractivity contribution in [3.63, 3.8) is 0 Å². The number of benzene rings is 1. The van der Waals surface area contributed by atoms with Crippen molar-refractivity contribution in [2.45, 2.75) is 47.1 Å². The Balaban J connectivity index is 2.22. The maximum Gasteiger partial charge on any atom is 0.261 e. The molecule has 0 spiro atoms. The van der Waals surface area contributed by atoms with Gasteiger partial charge in [-0.3, -0.25) is 14.4 Å². The highest BCUT2D eigenvalue weighted by molar-refractivity contribution is 6.34. The molecule has 1 atom stereocenters. The molecule has 0 aromatic heterocycles. The number of carbonyl (C=O) groups is 3. The van der Waals surface area contributed by atoms with Gasteiger partial charge in [0.05, 0.1) is 22.8 Å². The average molecular weight is 392 g/mol. The molecule has 0 radical (unpaired) electrons. The topological polar surface area (TPSA) is 78.5 Å². The van der Waals surface area contributed by atoms with E-state index in [2.05, 4.69) is 10.6 Å². The highest BCUT2D eigenvalue weighted by atomic mass is 35.5. The lowest BCUT2D eigenvalue weighted by Gasteiger charge is -2.20. The van der Waals surface area contributed by atoms with E-state index in [4.69, 9.17) is 11.6 Å². The van der Waals surface area contributed by atoms with Gasteiger partial charge >= 0.3 is 0 Å². The summed E-state index contributed by atoms with van der Waals surface area (Å²) in [5.41, 5.74) is 2.28. The number of anilines is 2. The minimum Gasteiger partial charge on any atom is -0.373 e. The van der Waals surface area contributed by atoms with Crippen LogP contribution in [0.1, 0.15) is 41.0 Å². The normalized spacial score (nSPS) is 15.4. The van der Waals surface area contributed by atoms with Crippen LogP contribution in [0.5, 0.6) is 0 Å². The van der Waals surface area contributed by atoms with Crippen molar-refractivity contribution >= 4 is 40.7 Å². The fraction of sp³-hybridized carbons (Fsp3) is 0.450. The first-order valence-electron chi connectivity index (χ1n) is 8.99. The van der Waals surface area contributed by atoms with E-state index >= 15 is 0 Å². The van der Waals surface area contributed by atoms with Crippen molar-refractivity contribution in [3.05, 3.63) is 34.4 Å². The zero-order valence-corrected chi connectivity index (χ0v) is 17.1. The Labute approximate surface area is 164 Å². The predicted octanol–water partition coefficient (Wildman–Crippen LogP) is 3.51. The van der Waals surface area contributed by atoms with E-state index in [1.807, 2.05) is 27.7 Å². The van der Waals surface area contributed by atoms with E-state index in [1.54, 1.807) is 25.1 Å². The standard InChI is InChI=1S/C20H26ClN3O3/c1-11(2)10-22-19(26)13(5)23-17-8-14(6-7-16(17)21)24-18(25)9-15(12(3)4)20(24)27/h6-8,11,13,23H,9-10H2,1-5H3,(H,22,26). The molecular formula is C20H26ClN3O3. The molecule has 6 nitrogen and oxygen atoms in total. The van der Waals surface area contributed by atoms with Crippen molar-refractivity contribution in [2.24, 2.45) is 5.92 Å². The summed E-state index contributed by atoms with van der Waals surface area (Å²) in [5.74, 6) is -0.377. The molecule has 0 bridgehead atoms. The lowest BCUT2D eigenvalue weighted by atomic mass is 10.1. The molecule has 1 aliphatic rings. The number of hydrogen-bond acceptors (Lipinski definition) is 4. The molecule has 146 valence electrons. The van der Waals surface area contributed by atoms with E-state index in [0.717, 1.165) is 10.5 Å². The van der Waals surface area contributed by atoms with E-state index < -0.39 is 6.04 Å². The maximum absolute atomic E-state index is 12.6. The first-order valence-corrected chi connectivity index (χ1v) is 9.37. The van der Waals surface area contributed by atoms with Gasteiger partial charge in [0.15, 0.2) is 0 Å². The molecule has 2 rings (SSSR count). The number of allylic oxidation sites excluding steroid dienone is 1. The summed E-state index contributed by atoms with van der Waals surface area (Å²) in [5, 5.41) is 6.32. The molecule has 3 amide bonds. The van der Waals surface area contributed by atoms with Crippen molar-refractivity contribution in [1.29, 1.82) is 0 Å². The second kappa shape index (κ2) is 8.57. The van der Waals surface area contributed by atoms with Crippen LogP contribution < -0.4 is 15.5 Å². The third kappa shape index (κ3) is 4.89. The van der Waals surface area contributed by atoms with Crippen LogP contribution in [0.25, 0.3) is 0 Å². The zero-order chi connectivity index (χ0) is 20.3. The average Bonchev–Trinajstić information content (AvgIpc) is 2.89. The predicted molar refractivity (Wildman–Crippen MR) is 108 cm³/mol. The zero-order valence-electron chi connectivity index (χ0n) is 16.4. The summed E-state index contributed by atoms with van der Waals surface area (Å²) >= 11 is 6.24. The molecule has 27 heavy (non-hydrogen) atoms. The SMILES string of the molecule is CC(C)=C1CC(=O)N(c2ccc(Cl)c(NC(C)C(=O)NCC(C)C)c2)C1=O. The van der Waals surface area contributed by atoms with E-state index in [-0.39, 0.29) is 24.1 Å².